The third kappa shape index (κ3) is 4.95. The minimum absolute atomic E-state index is 0.175. The van der Waals surface area contributed by atoms with E-state index in [0.29, 0.717) is 22.7 Å². The second-order valence-electron chi connectivity index (χ2n) is 5.94. The highest BCUT2D eigenvalue weighted by Crippen LogP contribution is 2.19. The van der Waals surface area contributed by atoms with Crippen LogP contribution in [0.5, 0.6) is 5.75 Å². The number of para-hydroxylation sites is 1. The summed E-state index contributed by atoms with van der Waals surface area (Å²) in [5.41, 5.74) is 2.43. The fourth-order valence-electron chi connectivity index (χ4n) is 2.64. The summed E-state index contributed by atoms with van der Waals surface area (Å²) in [6.07, 6.45) is 0.245. The van der Waals surface area contributed by atoms with Gasteiger partial charge in [0.1, 0.15) is 5.75 Å². The maximum atomic E-state index is 12.6. The Bertz CT molecular complexity index is 922. The molecular weight excluding hydrogens is 340 g/mol. The first-order chi connectivity index (χ1) is 13.2. The molecule has 0 radical (unpaired) electrons. The first-order valence-electron chi connectivity index (χ1n) is 8.54. The second-order valence-corrected chi connectivity index (χ2v) is 5.94. The Balaban J connectivity index is 1.70. The van der Waals surface area contributed by atoms with Crippen molar-refractivity contribution in [1.82, 2.24) is 0 Å². The minimum Gasteiger partial charge on any atom is -0.497 e. The van der Waals surface area contributed by atoms with Gasteiger partial charge in [0.15, 0.2) is 0 Å². The van der Waals surface area contributed by atoms with Crippen LogP contribution in [-0.4, -0.2) is 18.9 Å². The highest BCUT2D eigenvalue weighted by atomic mass is 16.5. The van der Waals surface area contributed by atoms with Crippen LogP contribution in [0.1, 0.15) is 15.9 Å². The van der Waals surface area contributed by atoms with Gasteiger partial charge >= 0.3 is 0 Å². The monoisotopic (exact) mass is 360 g/mol. The number of benzene rings is 3. The van der Waals surface area contributed by atoms with Crippen LogP contribution in [0.25, 0.3) is 0 Å². The highest BCUT2D eigenvalue weighted by molar-refractivity contribution is 6.10. The van der Waals surface area contributed by atoms with E-state index in [0.717, 1.165) is 5.56 Å². The maximum absolute atomic E-state index is 12.6. The predicted octanol–water partition coefficient (Wildman–Crippen LogP) is 4.13. The van der Waals surface area contributed by atoms with Crippen molar-refractivity contribution < 1.29 is 14.3 Å². The molecule has 0 bridgehead atoms. The standard InChI is InChI=1S/C22H20N2O3/c1-27-18-13-11-17(12-14-18)23-22(26)19-9-5-6-10-20(19)24-21(25)15-16-7-3-2-4-8-16/h2-14H,15H2,1H3,(H,23,26)(H,24,25). The van der Waals surface area contributed by atoms with Crippen LogP contribution >= 0.6 is 0 Å². The molecule has 3 aromatic rings. The summed E-state index contributed by atoms with van der Waals surface area (Å²) < 4.78 is 5.11. The van der Waals surface area contributed by atoms with E-state index >= 15 is 0 Å². The predicted molar refractivity (Wildman–Crippen MR) is 106 cm³/mol. The number of ether oxygens (including phenoxy) is 1. The van der Waals surface area contributed by atoms with E-state index in [1.54, 1.807) is 55.6 Å². The molecule has 0 aliphatic carbocycles. The van der Waals surface area contributed by atoms with Crippen molar-refractivity contribution in [3.05, 3.63) is 90.0 Å². The van der Waals surface area contributed by atoms with Crippen molar-refractivity contribution in [2.24, 2.45) is 0 Å². The lowest BCUT2D eigenvalue weighted by molar-refractivity contribution is -0.115. The molecule has 136 valence electrons. The summed E-state index contributed by atoms with van der Waals surface area (Å²) in [5, 5.41) is 5.65. The topological polar surface area (TPSA) is 67.4 Å². The van der Waals surface area contributed by atoms with Gasteiger partial charge in [-0.05, 0) is 42.0 Å². The van der Waals surface area contributed by atoms with Crippen LogP contribution < -0.4 is 15.4 Å². The summed E-state index contributed by atoms with van der Waals surface area (Å²) in [5.74, 6) is 0.239. The molecule has 27 heavy (non-hydrogen) atoms. The van der Waals surface area contributed by atoms with Crippen LogP contribution in [-0.2, 0) is 11.2 Å². The summed E-state index contributed by atoms with van der Waals surface area (Å²) in [7, 11) is 1.59. The van der Waals surface area contributed by atoms with Gasteiger partial charge in [-0.2, -0.15) is 0 Å². The fraction of sp³-hybridized carbons (Fsp3) is 0.0909. The molecule has 0 atom stereocenters. The van der Waals surface area contributed by atoms with Crippen molar-refractivity contribution in [2.75, 3.05) is 17.7 Å². The lowest BCUT2D eigenvalue weighted by atomic mass is 10.1. The molecule has 5 nitrogen and oxygen atoms in total. The maximum Gasteiger partial charge on any atom is 0.257 e. The van der Waals surface area contributed by atoms with Crippen LogP contribution in [0, 0.1) is 0 Å². The molecule has 0 aliphatic rings. The van der Waals surface area contributed by atoms with Crippen molar-refractivity contribution in [3.63, 3.8) is 0 Å². The Morgan fingerprint density at radius 3 is 2.19 bits per heavy atom. The van der Waals surface area contributed by atoms with Gasteiger partial charge in [-0.3, -0.25) is 9.59 Å². The number of methoxy groups -OCH3 is 1. The van der Waals surface area contributed by atoms with E-state index in [9.17, 15) is 9.59 Å². The molecule has 0 fully saturated rings. The molecular formula is C22H20N2O3. The summed E-state index contributed by atoms with van der Waals surface area (Å²) in [4.78, 5) is 25.0. The molecule has 0 aromatic heterocycles. The molecule has 2 N–H and O–H groups in total. The molecule has 5 heteroatoms. The molecule has 0 unspecified atom stereocenters. The first kappa shape index (κ1) is 18.2. The average molecular weight is 360 g/mol. The van der Waals surface area contributed by atoms with Gasteiger partial charge in [0.05, 0.1) is 24.8 Å². The quantitative estimate of drug-likeness (QED) is 0.695. The van der Waals surface area contributed by atoms with E-state index in [4.69, 9.17) is 4.74 Å². The van der Waals surface area contributed by atoms with E-state index in [1.165, 1.54) is 0 Å². The van der Waals surface area contributed by atoms with Gasteiger partial charge in [0, 0.05) is 5.69 Å². The number of anilines is 2. The number of rotatable bonds is 6. The second kappa shape index (κ2) is 8.67. The molecule has 3 rings (SSSR count). The zero-order chi connectivity index (χ0) is 19.1. The Morgan fingerprint density at radius 2 is 1.48 bits per heavy atom. The molecule has 0 heterocycles. The average Bonchev–Trinajstić information content (AvgIpc) is 2.69. The smallest absolute Gasteiger partial charge is 0.257 e. The van der Waals surface area contributed by atoms with Crippen LogP contribution in [0.15, 0.2) is 78.9 Å². The van der Waals surface area contributed by atoms with E-state index in [-0.39, 0.29) is 18.2 Å². The SMILES string of the molecule is COc1ccc(NC(=O)c2ccccc2NC(=O)Cc2ccccc2)cc1. The summed E-state index contributed by atoms with van der Waals surface area (Å²) in [6, 6.07) is 23.4. The number of hydrogen-bond acceptors (Lipinski definition) is 3. The van der Waals surface area contributed by atoms with Crippen LogP contribution in [0.2, 0.25) is 0 Å². The Hall–Kier alpha value is -3.60. The Morgan fingerprint density at radius 1 is 0.815 bits per heavy atom. The van der Waals surface area contributed by atoms with Gasteiger partial charge in [0.25, 0.3) is 5.91 Å². The Kier molecular flexibility index (Phi) is 5.84. The Labute approximate surface area is 158 Å². The van der Waals surface area contributed by atoms with Gasteiger partial charge in [-0.1, -0.05) is 42.5 Å². The van der Waals surface area contributed by atoms with E-state index < -0.39 is 0 Å². The minimum atomic E-state index is -0.296. The van der Waals surface area contributed by atoms with Gasteiger partial charge in [-0.25, -0.2) is 0 Å². The number of hydrogen-bond donors (Lipinski definition) is 2. The highest BCUT2D eigenvalue weighted by Gasteiger charge is 2.13. The molecule has 2 amide bonds. The molecule has 0 saturated heterocycles. The number of carbonyl (C=O) groups is 2. The third-order valence-corrected chi connectivity index (χ3v) is 4.00. The molecule has 3 aromatic carbocycles. The van der Waals surface area contributed by atoms with Crippen LogP contribution in [0.4, 0.5) is 11.4 Å². The number of amides is 2. The molecule has 0 saturated carbocycles. The van der Waals surface area contributed by atoms with Gasteiger partial charge in [-0.15, -0.1) is 0 Å². The summed E-state index contributed by atoms with van der Waals surface area (Å²) in [6.45, 7) is 0. The third-order valence-electron chi connectivity index (χ3n) is 4.00. The van der Waals surface area contributed by atoms with Crippen LogP contribution in [0.3, 0.4) is 0 Å². The number of carbonyl (C=O) groups excluding carboxylic acids is 2. The van der Waals surface area contributed by atoms with Gasteiger partial charge in [0.2, 0.25) is 5.91 Å². The van der Waals surface area contributed by atoms with E-state index in [1.807, 2.05) is 30.3 Å². The van der Waals surface area contributed by atoms with Crippen molar-refractivity contribution in [2.45, 2.75) is 6.42 Å². The largest absolute Gasteiger partial charge is 0.497 e. The van der Waals surface area contributed by atoms with Crippen molar-refractivity contribution >= 4 is 23.2 Å². The molecule has 0 spiro atoms. The number of nitrogens with one attached hydrogen (secondary N) is 2. The fourth-order valence-corrected chi connectivity index (χ4v) is 2.64. The summed E-state index contributed by atoms with van der Waals surface area (Å²) >= 11 is 0. The zero-order valence-corrected chi connectivity index (χ0v) is 14.9. The zero-order valence-electron chi connectivity index (χ0n) is 14.9. The van der Waals surface area contributed by atoms with Gasteiger partial charge < -0.3 is 15.4 Å². The first-order valence-corrected chi connectivity index (χ1v) is 8.54. The van der Waals surface area contributed by atoms with Crippen molar-refractivity contribution in [1.29, 1.82) is 0 Å². The molecule has 0 aliphatic heterocycles. The lowest BCUT2D eigenvalue weighted by Gasteiger charge is -2.12. The van der Waals surface area contributed by atoms with Crippen molar-refractivity contribution in [3.8, 4) is 5.75 Å². The normalized spacial score (nSPS) is 10.1. The van der Waals surface area contributed by atoms with E-state index in [2.05, 4.69) is 10.6 Å². The lowest BCUT2D eigenvalue weighted by Crippen LogP contribution is -2.19.